The van der Waals surface area contributed by atoms with Gasteiger partial charge < -0.3 is 4.42 Å². The lowest BCUT2D eigenvalue weighted by Crippen LogP contribution is -2.30. The Hall–Kier alpha value is -2.92. The van der Waals surface area contributed by atoms with Gasteiger partial charge in [-0.3, -0.25) is 9.10 Å². The van der Waals surface area contributed by atoms with Crippen LogP contribution in [0.3, 0.4) is 0 Å². The van der Waals surface area contributed by atoms with Gasteiger partial charge in [0.25, 0.3) is 5.91 Å². The highest BCUT2D eigenvalue weighted by Crippen LogP contribution is 2.39. The number of hydrogen-bond acceptors (Lipinski definition) is 6. The van der Waals surface area contributed by atoms with Crippen molar-refractivity contribution >= 4 is 42.6 Å². The largest absolute Gasteiger partial charge is 0.455 e. The van der Waals surface area contributed by atoms with Crippen molar-refractivity contribution in [3.8, 4) is 11.3 Å². The number of nitrogens with zero attached hydrogens (tertiary/aromatic N) is 1. The van der Waals surface area contributed by atoms with Crippen LogP contribution in [0, 0.1) is 5.82 Å². The fourth-order valence-corrected chi connectivity index (χ4v) is 5.32. The van der Waals surface area contributed by atoms with Crippen molar-refractivity contribution in [2.45, 2.75) is 19.3 Å². The van der Waals surface area contributed by atoms with Crippen LogP contribution in [0.4, 0.5) is 10.1 Å². The SMILES string of the molecule is CS(=O)(=O)NC(=O)c1c(-c2ccc(F)cc2)oc2cc3c(cc12)CCCCN3S(C)(=O)=O. The molecule has 170 valence electrons. The topological polar surface area (TPSA) is 114 Å². The Morgan fingerprint density at radius 2 is 1.75 bits per heavy atom. The maximum Gasteiger partial charge on any atom is 0.269 e. The third-order valence-electron chi connectivity index (χ3n) is 5.23. The average molecular weight is 481 g/mol. The first-order valence-electron chi connectivity index (χ1n) is 9.79. The van der Waals surface area contributed by atoms with E-state index < -0.39 is 31.8 Å². The summed E-state index contributed by atoms with van der Waals surface area (Å²) in [4.78, 5) is 12.9. The van der Waals surface area contributed by atoms with Gasteiger partial charge in [-0.05, 0) is 55.2 Å². The first-order chi connectivity index (χ1) is 14.9. The molecule has 1 N–H and O–H groups in total. The molecule has 1 amide bonds. The number of carbonyl (C=O) groups is 1. The van der Waals surface area contributed by atoms with E-state index in [1.165, 1.54) is 28.6 Å². The Balaban J connectivity index is 2.00. The van der Waals surface area contributed by atoms with E-state index in [-0.39, 0.29) is 16.9 Å². The number of anilines is 1. The Kier molecular flexibility index (Phi) is 5.49. The van der Waals surface area contributed by atoms with Gasteiger partial charge in [0.15, 0.2) is 0 Å². The van der Waals surface area contributed by atoms with E-state index in [2.05, 4.69) is 0 Å². The summed E-state index contributed by atoms with van der Waals surface area (Å²) in [6.07, 6.45) is 4.00. The Labute approximate surface area is 185 Å². The minimum atomic E-state index is -3.86. The second-order valence-corrected chi connectivity index (χ2v) is 11.4. The van der Waals surface area contributed by atoms with Crippen molar-refractivity contribution in [2.75, 3.05) is 23.4 Å². The number of amides is 1. The quantitative estimate of drug-likeness (QED) is 0.614. The number of fused-ring (bicyclic) bond motifs is 2. The van der Waals surface area contributed by atoms with E-state index in [4.69, 9.17) is 4.42 Å². The second-order valence-electron chi connectivity index (χ2n) is 7.79. The minimum absolute atomic E-state index is 0.0185. The molecule has 0 radical (unpaired) electrons. The molecule has 0 spiro atoms. The summed E-state index contributed by atoms with van der Waals surface area (Å²) in [5.41, 5.74) is 1.75. The van der Waals surface area contributed by atoms with E-state index in [9.17, 15) is 26.0 Å². The van der Waals surface area contributed by atoms with Crippen LogP contribution in [0.5, 0.6) is 0 Å². The number of carbonyl (C=O) groups excluding carboxylic acids is 1. The van der Waals surface area contributed by atoms with Gasteiger partial charge >= 0.3 is 0 Å². The third kappa shape index (κ3) is 4.35. The number of hydrogen-bond donors (Lipinski definition) is 1. The molecule has 1 aliphatic rings. The van der Waals surface area contributed by atoms with Gasteiger partial charge in [0, 0.05) is 23.6 Å². The normalized spacial score (nSPS) is 14.8. The molecular formula is C21H21FN2O6S2. The second kappa shape index (κ2) is 7.89. The Morgan fingerprint density at radius 1 is 1.06 bits per heavy atom. The maximum atomic E-state index is 13.4. The summed E-state index contributed by atoms with van der Waals surface area (Å²) in [5.74, 6) is -1.31. The van der Waals surface area contributed by atoms with E-state index in [0.717, 1.165) is 18.9 Å². The van der Waals surface area contributed by atoms with Crippen LogP contribution in [-0.4, -0.2) is 41.8 Å². The van der Waals surface area contributed by atoms with Crippen molar-refractivity contribution in [3.05, 3.63) is 53.3 Å². The van der Waals surface area contributed by atoms with Crippen LogP contribution >= 0.6 is 0 Å². The highest BCUT2D eigenvalue weighted by Gasteiger charge is 2.28. The predicted molar refractivity (Wildman–Crippen MR) is 119 cm³/mol. The minimum Gasteiger partial charge on any atom is -0.455 e. The molecule has 0 bridgehead atoms. The monoisotopic (exact) mass is 480 g/mol. The molecule has 1 aliphatic heterocycles. The summed E-state index contributed by atoms with van der Waals surface area (Å²) in [6, 6.07) is 8.45. The van der Waals surface area contributed by atoms with Crippen molar-refractivity contribution < 1.29 is 30.4 Å². The fraction of sp³-hybridized carbons (Fsp3) is 0.286. The zero-order chi connectivity index (χ0) is 23.3. The molecule has 0 atom stereocenters. The summed E-state index contributed by atoms with van der Waals surface area (Å²) < 4.78 is 70.8. The summed E-state index contributed by atoms with van der Waals surface area (Å²) >= 11 is 0. The maximum absolute atomic E-state index is 13.4. The van der Waals surface area contributed by atoms with Gasteiger partial charge in [0.2, 0.25) is 20.0 Å². The van der Waals surface area contributed by atoms with Crippen molar-refractivity contribution in [3.63, 3.8) is 0 Å². The average Bonchev–Trinajstić information content (AvgIpc) is 2.90. The summed E-state index contributed by atoms with van der Waals surface area (Å²) in [7, 11) is -7.40. The standard InChI is InChI=1S/C21H21FN2O6S2/c1-31(26,27)23-21(25)19-16-11-14-5-3-4-10-24(32(2,28)29)17(14)12-18(16)30-20(19)13-6-8-15(22)9-7-13/h6-9,11-12H,3-5,10H2,1-2H3,(H,23,25). The number of sulfonamides is 2. The first-order valence-corrected chi connectivity index (χ1v) is 13.5. The molecule has 0 saturated carbocycles. The predicted octanol–water partition coefficient (Wildman–Crippen LogP) is 3.03. The van der Waals surface area contributed by atoms with Crippen molar-refractivity contribution in [2.24, 2.45) is 0 Å². The number of benzene rings is 2. The lowest BCUT2D eigenvalue weighted by molar-refractivity contribution is 0.0983. The molecular weight excluding hydrogens is 459 g/mol. The van der Waals surface area contributed by atoms with Gasteiger partial charge in [-0.15, -0.1) is 0 Å². The van der Waals surface area contributed by atoms with Gasteiger partial charge in [0.1, 0.15) is 17.2 Å². The van der Waals surface area contributed by atoms with Crippen LogP contribution in [-0.2, 0) is 26.5 Å². The molecule has 32 heavy (non-hydrogen) atoms. The van der Waals surface area contributed by atoms with E-state index >= 15 is 0 Å². The number of aryl methyl sites for hydroxylation is 1. The Morgan fingerprint density at radius 3 is 2.38 bits per heavy atom. The highest BCUT2D eigenvalue weighted by molar-refractivity contribution is 7.92. The van der Waals surface area contributed by atoms with Crippen molar-refractivity contribution in [1.82, 2.24) is 4.72 Å². The van der Waals surface area contributed by atoms with Crippen LogP contribution in [0.2, 0.25) is 0 Å². The molecule has 3 aromatic rings. The van der Waals surface area contributed by atoms with Crippen LogP contribution in [0.25, 0.3) is 22.3 Å². The zero-order valence-corrected chi connectivity index (χ0v) is 19.0. The smallest absolute Gasteiger partial charge is 0.269 e. The molecule has 11 heteroatoms. The molecule has 2 aromatic carbocycles. The van der Waals surface area contributed by atoms with E-state index in [0.29, 0.717) is 41.6 Å². The zero-order valence-electron chi connectivity index (χ0n) is 17.4. The fourth-order valence-electron chi connectivity index (χ4n) is 3.89. The molecule has 8 nitrogen and oxygen atoms in total. The summed E-state index contributed by atoms with van der Waals surface area (Å²) in [5, 5.41) is 0.347. The first kappa shape index (κ1) is 22.3. The van der Waals surface area contributed by atoms with E-state index in [1.54, 1.807) is 12.1 Å². The van der Waals surface area contributed by atoms with Gasteiger partial charge in [-0.1, -0.05) is 0 Å². The number of nitrogens with one attached hydrogen (secondary N) is 1. The van der Waals surface area contributed by atoms with Gasteiger partial charge in [0.05, 0.1) is 23.8 Å². The van der Waals surface area contributed by atoms with Crippen LogP contribution < -0.4 is 9.03 Å². The lowest BCUT2D eigenvalue weighted by atomic mass is 10.0. The molecule has 1 aromatic heterocycles. The van der Waals surface area contributed by atoms with E-state index in [1.807, 2.05) is 4.72 Å². The lowest BCUT2D eigenvalue weighted by Gasteiger charge is -2.22. The highest BCUT2D eigenvalue weighted by atomic mass is 32.2. The molecule has 0 saturated heterocycles. The molecule has 0 unspecified atom stereocenters. The molecule has 0 fully saturated rings. The van der Waals surface area contributed by atoms with Crippen LogP contribution in [0.15, 0.2) is 40.8 Å². The van der Waals surface area contributed by atoms with Crippen LogP contribution in [0.1, 0.15) is 28.8 Å². The third-order valence-corrected chi connectivity index (χ3v) is 6.96. The Bertz CT molecular complexity index is 1430. The number of halogens is 1. The van der Waals surface area contributed by atoms with Gasteiger partial charge in [-0.25, -0.2) is 25.9 Å². The number of furan rings is 1. The molecule has 4 rings (SSSR count). The van der Waals surface area contributed by atoms with Gasteiger partial charge in [-0.2, -0.15) is 0 Å². The molecule has 2 heterocycles. The molecule has 0 aliphatic carbocycles. The summed E-state index contributed by atoms with van der Waals surface area (Å²) in [6.45, 7) is 0.324. The number of rotatable bonds is 4. The van der Waals surface area contributed by atoms with Crippen molar-refractivity contribution in [1.29, 1.82) is 0 Å².